The number of carboxylic acids is 1. The summed E-state index contributed by atoms with van der Waals surface area (Å²) in [6, 6.07) is 13.9. The van der Waals surface area contributed by atoms with Gasteiger partial charge in [0.15, 0.2) is 0 Å². The summed E-state index contributed by atoms with van der Waals surface area (Å²) < 4.78 is 1.67. The van der Waals surface area contributed by atoms with Gasteiger partial charge in [-0.15, -0.1) is 0 Å². The summed E-state index contributed by atoms with van der Waals surface area (Å²) in [5, 5.41) is 15.0. The van der Waals surface area contributed by atoms with Gasteiger partial charge in [0, 0.05) is 17.6 Å². The van der Waals surface area contributed by atoms with Crippen LogP contribution in [0, 0.1) is 0 Å². The minimum absolute atomic E-state index is 0.205. The molecule has 7 heteroatoms. The molecule has 0 saturated heterocycles. The number of nitrogens with zero attached hydrogens (tertiary/aromatic N) is 3. The van der Waals surface area contributed by atoms with Crippen LogP contribution < -0.4 is 4.80 Å². The number of halogens is 1. The summed E-state index contributed by atoms with van der Waals surface area (Å²) in [6.07, 6.45) is 0. The third-order valence-corrected chi connectivity index (χ3v) is 4.42. The van der Waals surface area contributed by atoms with Crippen LogP contribution in [0.5, 0.6) is 0 Å². The van der Waals surface area contributed by atoms with Crippen LogP contribution in [0.2, 0.25) is 5.02 Å². The molecule has 0 atom stereocenters. The molecule has 0 saturated carbocycles. The van der Waals surface area contributed by atoms with Crippen molar-refractivity contribution in [3.05, 3.63) is 63.9 Å². The Morgan fingerprint density at radius 2 is 2.00 bits per heavy atom. The molecule has 0 spiro atoms. The number of aryl methyl sites for hydroxylation is 1. The van der Waals surface area contributed by atoms with E-state index in [1.54, 1.807) is 23.9 Å². The summed E-state index contributed by atoms with van der Waals surface area (Å²) >= 11 is 7.32. The Balaban J connectivity index is 2.02. The fourth-order valence-electron chi connectivity index (χ4n) is 1.98. The normalized spacial score (nSPS) is 11.7. The van der Waals surface area contributed by atoms with Crippen LogP contribution in [-0.2, 0) is 7.05 Å². The number of carbonyl (C=O) groups is 1. The molecule has 2 aromatic carbocycles. The van der Waals surface area contributed by atoms with E-state index >= 15 is 0 Å². The highest BCUT2D eigenvalue weighted by Crippen LogP contribution is 2.22. The number of benzene rings is 2. The number of aromatic carboxylic acids is 1. The zero-order valence-corrected chi connectivity index (χ0v) is 13.7. The Kier molecular flexibility index (Phi) is 4.27. The van der Waals surface area contributed by atoms with Crippen molar-refractivity contribution >= 4 is 34.6 Å². The molecule has 0 radical (unpaired) electrons. The molecule has 0 bridgehead atoms. The summed E-state index contributed by atoms with van der Waals surface area (Å²) in [5.41, 5.74) is 1.74. The second kappa shape index (κ2) is 6.36. The molecule has 0 aliphatic carbocycles. The summed E-state index contributed by atoms with van der Waals surface area (Å²) in [5.74, 6) is -0.974. The van der Waals surface area contributed by atoms with Gasteiger partial charge in [0.25, 0.3) is 0 Å². The van der Waals surface area contributed by atoms with E-state index in [1.807, 2.05) is 24.3 Å². The van der Waals surface area contributed by atoms with Gasteiger partial charge in [-0.25, -0.2) is 14.5 Å². The average Bonchev–Trinajstić information content (AvgIpc) is 2.89. The van der Waals surface area contributed by atoms with Gasteiger partial charge in [-0.2, -0.15) is 5.10 Å². The molecule has 1 heterocycles. The van der Waals surface area contributed by atoms with E-state index in [1.165, 1.54) is 23.5 Å². The van der Waals surface area contributed by atoms with Crippen molar-refractivity contribution in [3.8, 4) is 10.6 Å². The van der Waals surface area contributed by atoms with Gasteiger partial charge in [0.05, 0.1) is 11.3 Å². The molecule has 0 aliphatic heterocycles. The molecule has 0 aliphatic rings. The molecular weight excluding hydrogens is 334 g/mol. The van der Waals surface area contributed by atoms with Gasteiger partial charge in [0.1, 0.15) is 5.01 Å². The van der Waals surface area contributed by atoms with E-state index in [2.05, 4.69) is 10.1 Å². The number of hydrogen-bond donors (Lipinski definition) is 1. The fourth-order valence-corrected chi connectivity index (χ4v) is 3.02. The lowest BCUT2D eigenvalue weighted by Crippen LogP contribution is -2.10. The summed E-state index contributed by atoms with van der Waals surface area (Å²) in [7, 11) is 1.80. The monoisotopic (exact) mass is 345 g/mol. The highest BCUT2D eigenvalue weighted by molar-refractivity contribution is 7.12. The van der Waals surface area contributed by atoms with Gasteiger partial charge in [-0.3, -0.25) is 0 Å². The lowest BCUT2D eigenvalue weighted by Gasteiger charge is -1.95. The van der Waals surface area contributed by atoms with Crippen molar-refractivity contribution in [2.24, 2.45) is 12.0 Å². The Morgan fingerprint density at radius 1 is 1.26 bits per heavy atom. The molecule has 5 nitrogen and oxygen atoms in total. The summed E-state index contributed by atoms with van der Waals surface area (Å²) in [4.78, 5) is 16.2. The van der Waals surface area contributed by atoms with Gasteiger partial charge >= 0.3 is 5.97 Å². The Bertz CT molecular complexity index is 929. The number of carboxylic acid groups (broad SMARTS) is 1. The number of rotatable bonds is 3. The minimum atomic E-state index is -0.974. The maximum atomic E-state index is 11.0. The van der Waals surface area contributed by atoms with Crippen LogP contribution in [0.3, 0.4) is 0 Å². The Morgan fingerprint density at radius 3 is 2.70 bits per heavy atom. The van der Waals surface area contributed by atoms with Crippen molar-refractivity contribution in [2.75, 3.05) is 0 Å². The van der Waals surface area contributed by atoms with Crippen LogP contribution in [0.15, 0.2) is 53.5 Å². The van der Waals surface area contributed by atoms with E-state index in [9.17, 15) is 4.79 Å². The zero-order chi connectivity index (χ0) is 16.4. The molecule has 116 valence electrons. The maximum Gasteiger partial charge on any atom is 0.335 e. The van der Waals surface area contributed by atoms with E-state index in [4.69, 9.17) is 16.7 Å². The van der Waals surface area contributed by atoms with Gasteiger partial charge < -0.3 is 5.11 Å². The molecule has 0 amide bonds. The third kappa shape index (κ3) is 3.49. The molecule has 23 heavy (non-hydrogen) atoms. The van der Waals surface area contributed by atoms with Crippen LogP contribution in [0.4, 0.5) is 5.69 Å². The summed E-state index contributed by atoms with van der Waals surface area (Å²) in [6.45, 7) is 0. The van der Waals surface area contributed by atoms with Crippen LogP contribution in [0.1, 0.15) is 10.4 Å². The molecule has 3 aromatic rings. The third-order valence-electron chi connectivity index (χ3n) is 3.11. The Hall–Kier alpha value is -2.44. The molecular formula is C16H12ClN3O2S. The smallest absolute Gasteiger partial charge is 0.335 e. The average molecular weight is 346 g/mol. The van der Waals surface area contributed by atoms with Crippen molar-refractivity contribution in [1.82, 2.24) is 9.78 Å². The first-order valence-electron chi connectivity index (χ1n) is 6.71. The van der Waals surface area contributed by atoms with Gasteiger partial charge in [-0.05, 0) is 30.3 Å². The van der Waals surface area contributed by atoms with Crippen LogP contribution in [0.25, 0.3) is 10.6 Å². The maximum absolute atomic E-state index is 11.0. The van der Waals surface area contributed by atoms with Crippen molar-refractivity contribution < 1.29 is 9.90 Å². The number of aromatic nitrogens is 2. The topological polar surface area (TPSA) is 67.5 Å². The Labute approximate surface area is 141 Å². The minimum Gasteiger partial charge on any atom is -0.478 e. The molecule has 1 N–H and O–H groups in total. The second-order valence-electron chi connectivity index (χ2n) is 4.79. The van der Waals surface area contributed by atoms with Crippen LogP contribution in [-0.4, -0.2) is 20.9 Å². The van der Waals surface area contributed by atoms with Crippen molar-refractivity contribution in [3.63, 3.8) is 0 Å². The predicted octanol–water partition coefficient (Wildman–Crippen LogP) is 3.73. The molecule has 0 fully saturated rings. The SMILES string of the molecule is Cn1nc(-c2ccc(Cl)cc2)s/c1=N/c1cccc(C(=O)O)c1. The largest absolute Gasteiger partial charge is 0.478 e. The lowest BCUT2D eigenvalue weighted by atomic mass is 10.2. The lowest BCUT2D eigenvalue weighted by molar-refractivity contribution is 0.0697. The van der Waals surface area contributed by atoms with Crippen LogP contribution >= 0.6 is 22.9 Å². The standard InChI is InChI=1S/C16H12ClN3O2S/c1-20-16(18-13-4-2-3-11(9-13)15(21)22)23-14(19-20)10-5-7-12(17)8-6-10/h2-9H,1H3,(H,21,22)/b18-16+. The highest BCUT2D eigenvalue weighted by Gasteiger charge is 2.06. The molecule has 3 rings (SSSR count). The van der Waals surface area contributed by atoms with E-state index in [-0.39, 0.29) is 5.56 Å². The van der Waals surface area contributed by atoms with E-state index in [0.717, 1.165) is 10.6 Å². The number of hydrogen-bond acceptors (Lipinski definition) is 4. The highest BCUT2D eigenvalue weighted by atomic mass is 35.5. The first kappa shape index (κ1) is 15.5. The first-order chi connectivity index (χ1) is 11.0. The molecule has 1 aromatic heterocycles. The zero-order valence-electron chi connectivity index (χ0n) is 12.1. The van der Waals surface area contributed by atoms with E-state index < -0.39 is 5.97 Å². The van der Waals surface area contributed by atoms with Gasteiger partial charge in [0.2, 0.25) is 4.80 Å². The molecule has 0 unspecified atom stereocenters. The van der Waals surface area contributed by atoms with Gasteiger partial charge in [-0.1, -0.05) is 41.1 Å². The fraction of sp³-hybridized carbons (Fsp3) is 0.0625. The van der Waals surface area contributed by atoms with E-state index in [0.29, 0.717) is 15.5 Å². The van der Waals surface area contributed by atoms with Crippen molar-refractivity contribution in [1.29, 1.82) is 0 Å². The second-order valence-corrected chi connectivity index (χ2v) is 6.18. The van der Waals surface area contributed by atoms with Crippen molar-refractivity contribution in [2.45, 2.75) is 0 Å². The first-order valence-corrected chi connectivity index (χ1v) is 7.90. The predicted molar refractivity (Wildman–Crippen MR) is 90.2 cm³/mol. The quantitative estimate of drug-likeness (QED) is 0.786.